The SMILES string of the molecule is CCC(C)(C)Nc1nnc(Cl)c2ccccc12. The number of anilines is 1. The summed E-state index contributed by atoms with van der Waals surface area (Å²) >= 11 is 6.03. The van der Waals surface area contributed by atoms with Gasteiger partial charge in [-0.3, -0.25) is 0 Å². The van der Waals surface area contributed by atoms with Crippen LogP contribution in [0.2, 0.25) is 5.15 Å². The Labute approximate surface area is 106 Å². The first-order chi connectivity index (χ1) is 8.03. The number of hydrogen-bond donors (Lipinski definition) is 1. The second kappa shape index (κ2) is 4.49. The van der Waals surface area contributed by atoms with Crippen LogP contribution in [-0.4, -0.2) is 15.7 Å². The Balaban J connectivity index is 2.52. The monoisotopic (exact) mass is 249 g/mol. The van der Waals surface area contributed by atoms with Gasteiger partial charge in [-0.15, -0.1) is 10.2 Å². The minimum Gasteiger partial charge on any atom is -0.363 e. The Bertz CT molecular complexity index is 537. The zero-order valence-corrected chi connectivity index (χ0v) is 11.0. The first kappa shape index (κ1) is 12.1. The number of nitrogens with zero attached hydrogens (tertiary/aromatic N) is 2. The van der Waals surface area contributed by atoms with E-state index in [0.29, 0.717) is 5.15 Å². The molecule has 2 rings (SSSR count). The van der Waals surface area contributed by atoms with Crippen molar-refractivity contribution < 1.29 is 0 Å². The summed E-state index contributed by atoms with van der Waals surface area (Å²) in [6, 6.07) is 7.88. The second-order valence-corrected chi connectivity index (χ2v) is 5.11. The molecular formula is C13H16ClN3. The van der Waals surface area contributed by atoms with Crippen molar-refractivity contribution in [3.05, 3.63) is 29.4 Å². The van der Waals surface area contributed by atoms with Gasteiger partial charge in [0, 0.05) is 16.3 Å². The predicted octanol–water partition coefficient (Wildman–Crippen LogP) is 3.88. The lowest BCUT2D eigenvalue weighted by atomic mass is 10.0. The van der Waals surface area contributed by atoms with Gasteiger partial charge in [-0.25, -0.2) is 0 Å². The first-order valence-electron chi connectivity index (χ1n) is 5.72. The van der Waals surface area contributed by atoms with E-state index in [1.54, 1.807) is 0 Å². The van der Waals surface area contributed by atoms with E-state index in [4.69, 9.17) is 11.6 Å². The molecule has 1 aromatic heterocycles. The van der Waals surface area contributed by atoms with Crippen LogP contribution < -0.4 is 5.32 Å². The molecule has 0 unspecified atom stereocenters. The molecule has 0 radical (unpaired) electrons. The minimum absolute atomic E-state index is 0.00865. The molecule has 0 saturated carbocycles. The third kappa shape index (κ3) is 2.50. The maximum Gasteiger partial charge on any atom is 0.159 e. The van der Waals surface area contributed by atoms with E-state index < -0.39 is 0 Å². The fraction of sp³-hybridized carbons (Fsp3) is 0.385. The van der Waals surface area contributed by atoms with Crippen LogP contribution in [0.1, 0.15) is 27.2 Å². The molecule has 0 aliphatic heterocycles. The maximum atomic E-state index is 6.03. The van der Waals surface area contributed by atoms with Gasteiger partial charge in [0.05, 0.1) is 0 Å². The van der Waals surface area contributed by atoms with Gasteiger partial charge in [0.1, 0.15) is 0 Å². The van der Waals surface area contributed by atoms with Crippen molar-refractivity contribution in [3.8, 4) is 0 Å². The van der Waals surface area contributed by atoms with Crippen molar-refractivity contribution in [2.75, 3.05) is 5.32 Å². The van der Waals surface area contributed by atoms with E-state index in [1.807, 2.05) is 24.3 Å². The Morgan fingerprint density at radius 1 is 1.18 bits per heavy atom. The number of fused-ring (bicyclic) bond motifs is 1. The van der Waals surface area contributed by atoms with Crippen molar-refractivity contribution in [2.45, 2.75) is 32.7 Å². The van der Waals surface area contributed by atoms with Crippen LogP contribution in [0.25, 0.3) is 10.8 Å². The molecule has 0 atom stereocenters. The third-order valence-corrected chi connectivity index (χ3v) is 3.26. The van der Waals surface area contributed by atoms with E-state index in [-0.39, 0.29) is 5.54 Å². The van der Waals surface area contributed by atoms with Crippen molar-refractivity contribution in [2.24, 2.45) is 0 Å². The summed E-state index contributed by atoms with van der Waals surface area (Å²) in [7, 11) is 0. The van der Waals surface area contributed by atoms with Crippen molar-refractivity contribution >= 4 is 28.2 Å². The first-order valence-corrected chi connectivity index (χ1v) is 6.10. The van der Waals surface area contributed by atoms with Crippen molar-refractivity contribution in [3.63, 3.8) is 0 Å². The van der Waals surface area contributed by atoms with Gasteiger partial charge in [-0.2, -0.15) is 0 Å². The molecule has 90 valence electrons. The summed E-state index contributed by atoms with van der Waals surface area (Å²) in [6.45, 7) is 6.41. The zero-order chi connectivity index (χ0) is 12.5. The summed E-state index contributed by atoms with van der Waals surface area (Å²) in [5.41, 5.74) is -0.00865. The van der Waals surface area contributed by atoms with Gasteiger partial charge in [0.25, 0.3) is 0 Å². The van der Waals surface area contributed by atoms with Crippen LogP contribution in [0.4, 0.5) is 5.82 Å². The Morgan fingerprint density at radius 2 is 1.82 bits per heavy atom. The van der Waals surface area contributed by atoms with Gasteiger partial charge >= 0.3 is 0 Å². The zero-order valence-electron chi connectivity index (χ0n) is 10.3. The Morgan fingerprint density at radius 3 is 2.47 bits per heavy atom. The third-order valence-electron chi connectivity index (χ3n) is 2.98. The topological polar surface area (TPSA) is 37.8 Å². The molecule has 0 saturated heterocycles. The molecule has 0 amide bonds. The van der Waals surface area contributed by atoms with E-state index >= 15 is 0 Å². The van der Waals surface area contributed by atoms with E-state index in [0.717, 1.165) is 23.0 Å². The molecule has 1 aromatic carbocycles. The molecule has 3 nitrogen and oxygen atoms in total. The van der Waals surface area contributed by atoms with Gasteiger partial charge in [0.2, 0.25) is 0 Å². The van der Waals surface area contributed by atoms with Crippen LogP contribution >= 0.6 is 11.6 Å². The number of rotatable bonds is 3. The summed E-state index contributed by atoms with van der Waals surface area (Å²) < 4.78 is 0. The molecule has 0 fully saturated rings. The number of nitrogens with one attached hydrogen (secondary N) is 1. The highest BCUT2D eigenvalue weighted by Crippen LogP contribution is 2.27. The van der Waals surface area contributed by atoms with Crippen molar-refractivity contribution in [1.29, 1.82) is 0 Å². The van der Waals surface area contributed by atoms with Gasteiger partial charge in [-0.1, -0.05) is 42.8 Å². The van der Waals surface area contributed by atoms with Crippen molar-refractivity contribution in [1.82, 2.24) is 10.2 Å². The van der Waals surface area contributed by atoms with Crippen LogP contribution in [-0.2, 0) is 0 Å². The Kier molecular flexibility index (Phi) is 3.20. The largest absolute Gasteiger partial charge is 0.363 e. The van der Waals surface area contributed by atoms with Crippen LogP contribution in [0.3, 0.4) is 0 Å². The highest BCUT2D eigenvalue weighted by atomic mass is 35.5. The molecule has 1 N–H and O–H groups in total. The normalized spacial score (nSPS) is 11.8. The standard InChI is InChI=1S/C13H16ClN3/c1-4-13(2,3)15-12-10-8-6-5-7-9(10)11(14)16-17-12/h5-8H,4H2,1-3H3,(H,15,17). The average molecular weight is 250 g/mol. The Hall–Kier alpha value is -1.35. The van der Waals surface area contributed by atoms with Crippen LogP contribution in [0.15, 0.2) is 24.3 Å². The van der Waals surface area contributed by atoms with E-state index in [1.165, 1.54) is 0 Å². The molecule has 17 heavy (non-hydrogen) atoms. The summed E-state index contributed by atoms with van der Waals surface area (Å²) in [5.74, 6) is 0.789. The smallest absolute Gasteiger partial charge is 0.159 e. The molecule has 4 heteroatoms. The summed E-state index contributed by atoms with van der Waals surface area (Å²) in [5, 5.41) is 13.9. The minimum atomic E-state index is -0.00865. The average Bonchev–Trinajstić information content (AvgIpc) is 2.33. The second-order valence-electron chi connectivity index (χ2n) is 4.75. The lowest BCUT2D eigenvalue weighted by Gasteiger charge is -2.25. The van der Waals surface area contributed by atoms with E-state index in [2.05, 4.69) is 36.3 Å². The van der Waals surface area contributed by atoms with Crippen LogP contribution in [0, 0.1) is 0 Å². The number of benzene rings is 1. The highest BCUT2D eigenvalue weighted by molar-refractivity contribution is 6.34. The number of hydrogen-bond acceptors (Lipinski definition) is 3. The highest BCUT2D eigenvalue weighted by Gasteiger charge is 2.17. The lowest BCUT2D eigenvalue weighted by Crippen LogP contribution is -2.30. The fourth-order valence-corrected chi connectivity index (χ4v) is 1.77. The molecule has 0 spiro atoms. The fourth-order valence-electron chi connectivity index (χ4n) is 1.57. The predicted molar refractivity (Wildman–Crippen MR) is 72.5 cm³/mol. The lowest BCUT2D eigenvalue weighted by molar-refractivity contribution is 0.544. The molecule has 2 aromatic rings. The van der Waals surface area contributed by atoms with Crippen LogP contribution in [0.5, 0.6) is 0 Å². The molecule has 1 heterocycles. The molecule has 0 aliphatic carbocycles. The van der Waals surface area contributed by atoms with Gasteiger partial charge < -0.3 is 5.32 Å². The number of aromatic nitrogens is 2. The molecular weight excluding hydrogens is 234 g/mol. The van der Waals surface area contributed by atoms with Gasteiger partial charge in [-0.05, 0) is 20.3 Å². The molecule has 0 aliphatic rings. The maximum absolute atomic E-state index is 6.03. The summed E-state index contributed by atoms with van der Waals surface area (Å²) in [6.07, 6.45) is 1.01. The summed E-state index contributed by atoms with van der Waals surface area (Å²) in [4.78, 5) is 0. The quantitative estimate of drug-likeness (QED) is 0.897. The molecule has 0 bridgehead atoms. The van der Waals surface area contributed by atoms with Gasteiger partial charge in [0.15, 0.2) is 11.0 Å². The van der Waals surface area contributed by atoms with E-state index in [9.17, 15) is 0 Å². The number of halogens is 1.